The molecule has 1 amide bonds. The van der Waals surface area contributed by atoms with E-state index >= 15 is 0 Å². The molecule has 0 aromatic carbocycles. The maximum absolute atomic E-state index is 12.9. The van der Waals surface area contributed by atoms with Gasteiger partial charge in [-0.3, -0.25) is 14.2 Å². The minimum absolute atomic E-state index is 0. The summed E-state index contributed by atoms with van der Waals surface area (Å²) in [6.45, 7) is 7.81. The summed E-state index contributed by atoms with van der Waals surface area (Å²) in [7, 11) is -3.98. The number of carbonyl (C=O) groups excluding carboxylic acids is 2. The zero-order valence-corrected chi connectivity index (χ0v) is 21.6. The van der Waals surface area contributed by atoms with Crippen molar-refractivity contribution < 1.29 is 38.7 Å². The predicted octanol–water partition coefficient (Wildman–Crippen LogP) is 5.46. The molecule has 0 spiro atoms. The first-order chi connectivity index (χ1) is 18.2. The number of Topliss-reactive ketones (excluding diaryl/α,β-unsaturated/α-hetero) is 1. The third kappa shape index (κ3) is 14.8. The number of rotatable bonds is 8. The smallest absolute Gasteiger partial charge is 0.227 e. The quantitative estimate of drug-likeness (QED) is 0.242. The first kappa shape index (κ1) is 31.5. The molecule has 0 bridgehead atoms. The molecule has 1 fully saturated rings. The Bertz CT molecular complexity index is 1640. The van der Waals surface area contributed by atoms with Crippen LogP contribution in [0.25, 0.3) is 0 Å². The summed E-state index contributed by atoms with van der Waals surface area (Å²) >= 11 is 0. The summed E-state index contributed by atoms with van der Waals surface area (Å²) in [4.78, 5) is 35.4. The van der Waals surface area contributed by atoms with Gasteiger partial charge in [-0.1, -0.05) is 18.4 Å². The Morgan fingerprint density at radius 3 is 1.95 bits per heavy atom. The van der Waals surface area contributed by atoms with Crippen LogP contribution in [0.2, 0.25) is 0 Å². The molecule has 1 aliphatic rings. The molecule has 204 valence electrons. The fourth-order valence-electron chi connectivity index (χ4n) is 2.89. The van der Waals surface area contributed by atoms with Crippen molar-refractivity contribution in [3.8, 4) is 0 Å². The van der Waals surface area contributed by atoms with Crippen molar-refractivity contribution in [3.05, 3.63) is 111 Å². The number of aliphatic hydroxyl groups is 1. The van der Waals surface area contributed by atoms with Crippen molar-refractivity contribution >= 4 is 19.3 Å². The number of hydrogen-bond donors (Lipinski definition) is 2. The number of hydrogen-bond acceptors (Lipinski definition) is 5. The summed E-state index contributed by atoms with van der Waals surface area (Å²) in [5.74, 6) is -0.498. The second kappa shape index (κ2) is 17.8. The SMILES string of the molecule is C=C=C=C=C=C=C=C=C=C=C=C=C=C=C=C=C=C(CC(=O)CC)CC(=O)N1C[C@@H](O)C[C@@H]1COP([CH2-])(=O)O.[HH].[HH].[HH].[HH].[HH].[HH].[HH]. The molecular weight excluding hydrogens is 501 g/mol. The number of amides is 1. The van der Waals surface area contributed by atoms with Crippen LogP contribution in [0, 0.1) is 6.66 Å². The highest BCUT2D eigenvalue weighted by Crippen LogP contribution is 2.40. The van der Waals surface area contributed by atoms with Crippen LogP contribution in [0.3, 0.4) is 0 Å². The fraction of sp³-hybridized carbons (Fsp3) is 0.300. The highest BCUT2D eigenvalue weighted by Gasteiger charge is 2.35. The maximum Gasteiger partial charge on any atom is 0.227 e. The van der Waals surface area contributed by atoms with Crippen molar-refractivity contribution in [1.29, 1.82) is 0 Å². The van der Waals surface area contributed by atoms with Gasteiger partial charge in [0, 0.05) is 29.4 Å². The van der Waals surface area contributed by atoms with Crippen LogP contribution in [0.5, 0.6) is 0 Å². The van der Waals surface area contributed by atoms with Gasteiger partial charge >= 0.3 is 0 Å². The molecule has 1 heterocycles. The largest absolute Gasteiger partial charge is 0.391 e. The van der Waals surface area contributed by atoms with Gasteiger partial charge in [0.2, 0.25) is 5.91 Å². The third-order valence-corrected chi connectivity index (χ3v) is 5.04. The van der Waals surface area contributed by atoms with Crippen LogP contribution in [0.4, 0.5) is 0 Å². The van der Waals surface area contributed by atoms with Crippen molar-refractivity contribution in [2.75, 3.05) is 13.2 Å². The molecule has 1 saturated heterocycles. The molecule has 2 N–H and O–H groups in total. The Morgan fingerprint density at radius 1 is 0.974 bits per heavy atom. The lowest BCUT2D eigenvalue weighted by Gasteiger charge is -2.26. The number of aliphatic hydroxyl groups excluding tert-OH is 1. The van der Waals surface area contributed by atoms with Gasteiger partial charge in [-0.2, -0.15) is 0 Å². The maximum atomic E-state index is 12.9. The van der Waals surface area contributed by atoms with Crippen molar-refractivity contribution in [1.82, 2.24) is 4.90 Å². The average Bonchev–Trinajstić information content (AvgIpc) is 3.25. The van der Waals surface area contributed by atoms with Crippen LogP contribution in [-0.4, -0.2) is 51.9 Å². The van der Waals surface area contributed by atoms with E-state index in [4.69, 9.17) is 4.52 Å². The molecule has 1 aliphatic heterocycles. The monoisotopic (exact) mass is 538 g/mol. The Morgan fingerprint density at radius 2 is 1.47 bits per heavy atom. The van der Waals surface area contributed by atoms with Crippen LogP contribution < -0.4 is 0 Å². The minimum Gasteiger partial charge on any atom is -0.391 e. The Balaban J connectivity index is -0.000000413. The van der Waals surface area contributed by atoms with Gasteiger partial charge in [0.05, 0.1) is 25.2 Å². The van der Waals surface area contributed by atoms with E-state index in [1.165, 1.54) is 4.90 Å². The number of ketones is 1. The van der Waals surface area contributed by atoms with Crippen LogP contribution in [-0.2, 0) is 18.7 Å². The van der Waals surface area contributed by atoms with Gasteiger partial charge in [-0.05, 0) is 98.8 Å². The van der Waals surface area contributed by atoms with Gasteiger partial charge in [0.25, 0.3) is 0 Å². The van der Waals surface area contributed by atoms with E-state index in [9.17, 15) is 24.2 Å². The molecule has 0 radical (unpaired) electrons. The van der Waals surface area contributed by atoms with Crippen LogP contribution >= 0.6 is 7.60 Å². The average molecular weight is 539 g/mol. The zero-order chi connectivity index (χ0) is 28.2. The van der Waals surface area contributed by atoms with E-state index in [1.54, 1.807) is 6.92 Å². The van der Waals surface area contributed by atoms with Gasteiger partial charge in [0.1, 0.15) is 5.78 Å². The Kier molecular flexibility index (Phi) is 14.8. The normalized spacial score (nSPS) is 15.6. The third-order valence-electron chi connectivity index (χ3n) is 4.49. The highest BCUT2D eigenvalue weighted by molar-refractivity contribution is 7.54. The summed E-state index contributed by atoms with van der Waals surface area (Å²) in [6, 6.07) is -0.601. The lowest BCUT2D eigenvalue weighted by Crippen LogP contribution is -2.38. The molecule has 0 saturated carbocycles. The molecule has 0 aromatic heterocycles. The van der Waals surface area contributed by atoms with Crippen molar-refractivity contribution in [3.63, 3.8) is 0 Å². The number of nitrogens with zero attached hydrogens (tertiary/aromatic N) is 1. The lowest BCUT2D eigenvalue weighted by molar-refractivity contribution is -0.132. The van der Waals surface area contributed by atoms with Gasteiger partial charge in [0.15, 0.2) is 7.60 Å². The lowest BCUT2D eigenvalue weighted by atomic mass is 10.0. The predicted molar refractivity (Wildman–Crippen MR) is 152 cm³/mol. The first-order valence-electron chi connectivity index (χ1n) is 11.1. The molecular formula is C30H37NO6P-. The number of likely N-dealkylation sites (tertiary alicyclic amines) is 1. The summed E-state index contributed by atoms with van der Waals surface area (Å²) < 4.78 is 16.2. The van der Waals surface area contributed by atoms with Crippen molar-refractivity contribution in [2.45, 2.75) is 44.8 Å². The zero-order valence-electron chi connectivity index (χ0n) is 20.7. The molecule has 3 atom stereocenters. The topological polar surface area (TPSA) is 104 Å². The van der Waals surface area contributed by atoms with Gasteiger partial charge < -0.3 is 19.4 Å². The Hall–Kier alpha value is -4.53. The molecule has 1 rings (SSSR count). The van der Waals surface area contributed by atoms with E-state index in [1.807, 2.05) is 0 Å². The van der Waals surface area contributed by atoms with E-state index in [0.717, 1.165) is 0 Å². The molecule has 7 nitrogen and oxygen atoms in total. The second-order valence-corrected chi connectivity index (χ2v) is 8.96. The molecule has 38 heavy (non-hydrogen) atoms. The molecule has 0 aromatic rings. The van der Waals surface area contributed by atoms with Gasteiger partial charge in [-0.25, -0.2) is 6.66 Å². The molecule has 8 heteroatoms. The first-order valence-corrected chi connectivity index (χ1v) is 12.9. The van der Waals surface area contributed by atoms with Crippen LogP contribution in [0.1, 0.15) is 42.6 Å². The fourth-order valence-corrected chi connectivity index (χ4v) is 3.30. The number of carbonyl (C=O) groups is 2. The Labute approximate surface area is 231 Å². The van der Waals surface area contributed by atoms with Crippen molar-refractivity contribution in [2.24, 2.45) is 0 Å². The summed E-state index contributed by atoms with van der Waals surface area (Å²) in [6.07, 6.45) is -0.526. The van der Waals surface area contributed by atoms with E-state index in [-0.39, 0.29) is 54.6 Å². The standard InChI is InChI=1S/C30H23NO6P.7H2/c1-4-6-7-8-9-10-11-12-13-14-15-16-17-18-19-20-26(21-28(32)5-2)22-30(34)31-24-29(33)23-27(31)25-37-38(3,35)36;;;;;;;/h27,29,33H,1,3,5,21-25H2,2H3,(H,35,36);7*1H/q-1;;;;;;;/t27-,29+;;;;;;;/m1......./s1. The molecule has 1 unspecified atom stereocenters. The van der Waals surface area contributed by atoms with E-state index in [0.29, 0.717) is 5.57 Å². The summed E-state index contributed by atoms with van der Waals surface area (Å²) in [5.41, 5.74) is 40.2. The second-order valence-electron chi connectivity index (χ2n) is 7.42. The van der Waals surface area contributed by atoms with E-state index in [2.05, 4.69) is 105 Å². The van der Waals surface area contributed by atoms with Crippen LogP contribution in [0.15, 0.2) is 104 Å². The number of β-amino-alcohol motifs (C(OH)–C–C–N with tert-alkyl or cyclic N) is 1. The minimum atomic E-state index is -3.98. The highest BCUT2D eigenvalue weighted by atomic mass is 31.2. The van der Waals surface area contributed by atoms with E-state index < -0.39 is 25.6 Å². The van der Waals surface area contributed by atoms with Gasteiger partial charge in [-0.15, -0.1) is 0 Å². The molecule has 0 aliphatic carbocycles. The summed E-state index contributed by atoms with van der Waals surface area (Å²) in [5, 5.41) is 9.97.